The summed E-state index contributed by atoms with van der Waals surface area (Å²) in [4.78, 5) is 17.0. The molecule has 2 heterocycles. The highest BCUT2D eigenvalue weighted by Gasteiger charge is 2.33. The van der Waals surface area contributed by atoms with Crippen LogP contribution in [0.5, 0.6) is 0 Å². The molecule has 1 amide bonds. The van der Waals surface area contributed by atoms with E-state index in [4.69, 9.17) is 0 Å². The number of aliphatic hydroxyl groups excluding tert-OH is 1. The van der Waals surface area contributed by atoms with Crippen molar-refractivity contribution in [3.05, 3.63) is 41.2 Å². The second-order valence-electron chi connectivity index (χ2n) is 6.10. The number of hydrogen-bond acceptors (Lipinski definition) is 4. The minimum Gasteiger partial charge on any atom is -0.511 e. The van der Waals surface area contributed by atoms with Crippen LogP contribution in [0.15, 0.2) is 40.6 Å². The van der Waals surface area contributed by atoms with Crippen molar-refractivity contribution in [3.63, 3.8) is 0 Å². The normalized spacial score (nSPS) is 23.5. The zero-order chi connectivity index (χ0) is 16.2. The Hall–Kier alpha value is -2.14. The largest absolute Gasteiger partial charge is 0.511 e. The molecule has 2 aliphatic rings. The number of anilines is 1. The van der Waals surface area contributed by atoms with Crippen molar-refractivity contribution < 1.29 is 9.90 Å². The lowest BCUT2D eigenvalue weighted by molar-refractivity contribution is -0.112. The maximum Gasteiger partial charge on any atom is 0.260 e. The summed E-state index contributed by atoms with van der Waals surface area (Å²) in [5, 5.41) is 16.6. The van der Waals surface area contributed by atoms with Crippen LogP contribution in [0.3, 0.4) is 0 Å². The molecule has 0 bridgehead atoms. The molecule has 0 aliphatic carbocycles. The average Bonchev–Trinajstić information content (AvgIpc) is 2.57. The number of aliphatic hydroxyl groups is 1. The highest BCUT2D eigenvalue weighted by atomic mass is 16.3. The summed E-state index contributed by atoms with van der Waals surface area (Å²) < 4.78 is 0. The van der Waals surface area contributed by atoms with Gasteiger partial charge in [0.25, 0.3) is 5.91 Å². The van der Waals surface area contributed by atoms with Gasteiger partial charge in [0, 0.05) is 18.4 Å². The standard InChI is InChI=1S/C18H23N3O2/c1-2-5-12-6-3-4-7-15(12)21-18(23)14-11-20-16-8-9-19-10-13(16)17(14)22/h3-4,6-7,11,13,16,19,22H,2,5,8-10H2,1H3,(H,21,23). The van der Waals surface area contributed by atoms with Gasteiger partial charge in [0.1, 0.15) is 5.76 Å². The summed E-state index contributed by atoms with van der Waals surface area (Å²) in [6, 6.07) is 7.87. The summed E-state index contributed by atoms with van der Waals surface area (Å²) in [7, 11) is 0. The predicted molar refractivity (Wildman–Crippen MR) is 92.0 cm³/mol. The molecular formula is C18H23N3O2. The minimum absolute atomic E-state index is 0.0835. The molecule has 1 saturated heterocycles. The molecule has 0 spiro atoms. The third-order valence-electron chi connectivity index (χ3n) is 4.50. The van der Waals surface area contributed by atoms with Crippen LogP contribution in [0.4, 0.5) is 5.69 Å². The molecule has 1 fully saturated rings. The number of carbonyl (C=O) groups excluding carboxylic acids is 1. The number of nitrogens with one attached hydrogen (secondary N) is 2. The Balaban J connectivity index is 1.79. The average molecular weight is 313 g/mol. The summed E-state index contributed by atoms with van der Waals surface area (Å²) in [5.41, 5.74) is 2.19. The molecule has 5 heteroatoms. The number of benzene rings is 1. The first-order chi connectivity index (χ1) is 11.2. The van der Waals surface area contributed by atoms with Crippen molar-refractivity contribution in [2.24, 2.45) is 10.9 Å². The lowest BCUT2D eigenvalue weighted by Gasteiger charge is -2.32. The molecule has 2 atom stereocenters. The molecule has 2 unspecified atom stereocenters. The number of dihydropyridines is 1. The predicted octanol–water partition coefficient (Wildman–Crippen LogP) is 2.45. The fourth-order valence-corrected chi connectivity index (χ4v) is 3.23. The third-order valence-corrected chi connectivity index (χ3v) is 4.50. The summed E-state index contributed by atoms with van der Waals surface area (Å²) in [6.45, 7) is 3.67. The number of para-hydroxylation sites is 1. The summed E-state index contributed by atoms with van der Waals surface area (Å²) in [5.74, 6) is -0.234. The topological polar surface area (TPSA) is 73.7 Å². The fourth-order valence-electron chi connectivity index (χ4n) is 3.23. The Bertz CT molecular complexity index is 651. The number of aryl methyl sites for hydroxylation is 1. The van der Waals surface area contributed by atoms with Crippen LogP contribution >= 0.6 is 0 Å². The number of nitrogens with zero attached hydrogens (tertiary/aromatic N) is 1. The van der Waals surface area contributed by atoms with Crippen molar-refractivity contribution in [2.45, 2.75) is 32.2 Å². The van der Waals surface area contributed by atoms with Gasteiger partial charge in [-0.15, -0.1) is 0 Å². The zero-order valence-corrected chi connectivity index (χ0v) is 13.4. The molecule has 0 aromatic heterocycles. The van der Waals surface area contributed by atoms with Crippen LogP contribution in [0.25, 0.3) is 0 Å². The van der Waals surface area contributed by atoms with Crippen molar-refractivity contribution >= 4 is 17.8 Å². The first-order valence-electron chi connectivity index (χ1n) is 8.27. The molecule has 1 aromatic rings. The van der Waals surface area contributed by atoms with Crippen LogP contribution in [0.2, 0.25) is 0 Å². The molecule has 0 saturated carbocycles. The number of carbonyl (C=O) groups is 1. The molecule has 122 valence electrons. The van der Waals surface area contributed by atoms with Gasteiger partial charge in [-0.3, -0.25) is 9.79 Å². The van der Waals surface area contributed by atoms with Crippen molar-refractivity contribution in [3.8, 4) is 0 Å². The van der Waals surface area contributed by atoms with E-state index in [9.17, 15) is 9.90 Å². The summed E-state index contributed by atoms with van der Waals surface area (Å²) >= 11 is 0. The van der Waals surface area contributed by atoms with E-state index in [0.29, 0.717) is 6.54 Å². The van der Waals surface area contributed by atoms with E-state index in [1.165, 1.54) is 6.21 Å². The molecular weight excluding hydrogens is 290 g/mol. The summed E-state index contributed by atoms with van der Waals surface area (Å²) in [6.07, 6.45) is 4.33. The Kier molecular flexibility index (Phi) is 4.76. The second-order valence-corrected chi connectivity index (χ2v) is 6.10. The number of rotatable bonds is 4. The Labute approximate surface area is 136 Å². The van der Waals surface area contributed by atoms with Crippen molar-refractivity contribution in [1.29, 1.82) is 0 Å². The molecule has 1 aromatic carbocycles. The van der Waals surface area contributed by atoms with Gasteiger partial charge in [0.05, 0.1) is 17.5 Å². The van der Waals surface area contributed by atoms with Crippen LogP contribution in [0, 0.1) is 5.92 Å². The lowest BCUT2D eigenvalue weighted by atomic mass is 9.87. The van der Waals surface area contributed by atoms with E-state index in [1.807, 2.05) is 24.3 Å². The number of hydrogen-bond donors (Lipinski definition) is 3. The Morgan fingerprint density at radius 1 is 1.43 bits per heavy atom. The van der Waals surface area contributed by atoms with E-state index in [1.54, 1.807) is 0 Å². The van der Waals surface area contributed by atoms with Gasteiger partial charge < -0.3 is 15.7 Å². The van der Waals surface area contributed by atoms with Crippen molar-refractivity contribution in [1.82, 2.24) is 5.32 Å². The highest BCUT2D eigenvalue weighted by Crippen LogP contribution is 2.27. The smallest absolute Gasteiger partial charge is 0.260 e. The minimum atomic E-state index is -0.293. The fraction of sp³-hybridized carbons (Fsp3) is 0.444. The van der Waals surface area contributed by atoms with E-state index in [2.05, 4.69) is 22.5 Å². The van der Waals surface area contributed by atoms with E-state index in [-0.39, 0.29) is 29.2 Å². The molecule has 3 rings (SSSR count). The SMILES string of the molecule is CCCc1ccccc1NC(=O)C1=C(O)C2CNCCC2N=C1. The van der Waals surface area contributed by atoms with E-state index >= 15 is 0 Å². The van der Waals surface area contributed by atoms with Crippen LogP contribution in [-0.2, 0) is 11.2 Å². The second kappa shape index (κ2) is 6.96. The quantitative estimate of drug-likeness (QED) is 0.799. The molecule has 2 aliphatic heterocycles. The Morgan fingerprint density at radius 2 is 2.26 bits per heavy atom. The number of amides is 1. The molecule has 3 N–H and O–H groups in total. The first kappa shape index (κ1) is 15.7. The maximum absolute atomic E-state index is 12.6. The van der Waals surface area contributed by atoms with Gasteiger partial charge in [0.15, 0.2) is 0 Å². The van der Waals surface area contributed by atoms with Crippen LogP contribution in [-0.4, -0.2) is 36.4 Å². The van der Waals surface area contributed by atoms with Gasteiger partial charge in [-0.05, 0) is 31.0 Å². The monoisotopic (exact) mass is 313 g/mol. The van der Waals surface area contributed by atoms with Crippen molar-refractivity contribution in [2.75, 3.05) is 18.4 Å². The van der Waals surface area contributed by atoms with Crippen LogP contribution < -0.4 is 10.6 Å². The molecule has 0 radical (unpaired) electrons. The Morgan fingerprint density at radius 3 is 3.09 bits per heavy atom. The number of fused-ring (bicyclic) bond motifs is 1. The lowest BCUT2D eigenvalue weighted by Crippen LogP contribution is -2.42. The molecule has 23 heavy (non-hydrogen) atoms. The number of piperidine rings is 1. The van der Waals surface area contributed by atoms with E-state index in [0.717, 1.165) is 37.1 Å². The molecule has 5 nitrogen and oxygen atoms in total. The maximum atomic E-state index is 12.6. The van der Waals surface area contributed by atoms with Crippen LogP contribution in [0.1, 0.15) is 25.3 Å². The first-order valence-corrected chi connectivity index (χ1v) is 8.27. The van der Waals surface area contributed by atoms with Gasteiger partial charge in [-0.25, -0.2) is 0 Å². The van der Waals surface area contributed by atoms with E-state index < -0.39 is 0 Å². The van der Waals surface area contributed by atoms with Gasteiger partial charge in [0.2, 0.25) is 0 Å². The zero-order valence-electron chi connectivity index (χ0n) is 13.4. The number of aliphatic imine (C=N–C) groups is 1. The van der Waals surface area contributed by atoms with Gasteiger partial charge >= 0.3 is 0 Å². The van der Waals surface area contributed by atoms with Gasteiger partial charge in [-0.1, -0.05) is 31.5 Å². The third kappa shape index (κ3) is 3.29. The van der Waals surface area contributed by atoms with Gasteiger partial charge in [-0.2, -0.15) is 0 Å². The highest BCUT2D eigenvalue weighted by molar-refractivity contribution is 6.18.